The van der Waals surface area contributed by atoms with Crippen LogP contribution in [0.1, 0.15) is 23.6 Å². The molecule has 1 aliphatic rings. The van der Waals surface area contributed by atoms with Gasteiger partial charge >= 0.3 is 0 Å². The Morgan fingerprint density at radius 2 is 1.91 bits per heavy atom. The van der Waals surface area contributed by atoms with Crippen molar-refractivity contribution in [1.82, 2.24) is 24.3 Å². The Bertz CT molecular complexity index is 1590. The number of hydrogen-bond donors (Lipinski definition) is 1. The highest BCUT2D eigenvalue weighted by Crippen LogP contribution is 2.28. The fourth-order valence-corrected chi connectivity index (χ4v) is 4.93. The van der Waals surface area contributed by atoms with Crippen molar-refractivity contribution in [1.29, 1.82) is 0 Å². The molecule has 6 rings (SSSR count). The van der Waals surface area contributed by atoms with Crippen molar-refractivity contribution in [2.24, 2.45) is 7.05 Å². The molecule has 0 saturated carbocycles. The molecule has 2 atom stereocenters. The molecule has 0 spiro atoms. The Hall–Kier alpha value is -3.88. The molecule has 5 aromatic rings. The zero-order valence-corrected chi connectivity index (χ0v) is 19.3. The first-order valence-corrected chi connectivity index (χ1v) is 11.7. The first kappa shape index (κ1) is 21.6. The van der Waals surface area contributed by atoms with Crippen LogP contribution in [0, 0.1) is 0 Å². The number of ether oxygens (including phenoxy) is 1. The quantitative estimate of drug-likeness (QED) is 0.408. The van der Waals surface area contributed by atoms with Gasteiger partial charge in [-0.15, -0.1) is 0 Å². The van der Waals surface area contributed by atoms with Gasteiger partial charge in [0, 0.05) is 37.0 Å². The molecular formula is C27H25N5O3. The van der Waals surface area contributed by atoms with Crippen molar-refractivity contribution in [2.45, 2.75) is 25.0 Å². The van der Waals surface area contributed by atoms with Gasteiger partial charge in [-0.25, -0.2) is 4.98 Å². The van der Waals surface area contributed by atoms with Crippen LogP contribution in [0.5, 0.6) is 0 Å². The zero-order chi connectivity index (χ0) is 23.9. The van der Waals surface area contributed by atoms with Gasteiger partial charge in [0.15, 0.2) is 0 Å². The highest BCUT2D eigenvalue weighted by Gasteiger charge is 2.27. The predicted molar refractivity (Wildman–Crippen MR) is 133 cm³/mol. The molecule has 176 valence electrons. The summed E-state index contributed by atoms with van der Waals surface area (Å²) in [4.78, 5) is 22.8. The highest BCUT2D eigenvalue weighted by atomic mass is 16.5. The first-order valence-electron chi connectivity index (χ1n) is 11.7. The van der Waals surface area contributed by atoms with Gasteiger partial charge in [-0.2, -0.15) is 5.10 Å². The Labute approximate surface area is 201 Å². The second-order valence-corrected chi connectivity index (χ2v) is 9.06. The molecule has 4 heterocycles. The fourth-order valence-electron chi connectivity index (χ4n) is 4.93. The molecule has 3 aromatic heterocycles. The predicted octanol–water partition coefficient (Wildman–Crippen LogP) is 3.26. The summed E-state index contributed by atoms with van der Waals surface area (Å²) in [5, 5.41) is 16.2. The molecular weight excluding hydrogens is 442 g/mol. The summed E-state index contributed by atoms with van der Waals surface area (Å²) >= 11 is 0. The average Bonchev–Trinajstić information content (AvgIpc) is 3.32. The average molecular weight is 468 g/mol. The molecule has 0 amide bonds. The summed E-state index contributed by atoms with van der Waals surface area (Å²) in [5.41, 5.74) is 5.45. The van der Waals surface area contributed by atoms with Crippen molar-refractivity contribution in [3.8, 4) is 11.1 Å². The third-order valence-electron chi connectivity index (χ3n) is 6.76. The zero-order valence-electron chi connectivity index (χ0n) is 19.3. The summed E-state index contributed by atoms with van der Waals surface area (Å²) < 4.78 is 8.68. The minimum absolute atomic E-state index is 0.165. The van der Waals surface area contributed by atoms with Gasteiger partial charge in [-0.1, -0.05) is 30.3 Å². The van der Waals surface area contributed by atoms with Crippen molar-refractivity contribution >= 4 is 21.8 Å². The van der Waals surface area contributed by atoms with E-state index in [0.717, 1.165) is 27.6 Å². The van der Waals surface area contributed by atoms with Crippen LogP contribution in [-0.2, 0) is 18.2 Å². The van der Waals surface area contributed by atoms with E-state index in [2.05, 4.69) is 39.3 Å². The van der Waals surface area contributed by atoms with Gasteiger partial charge in [0.05, 0.1) is 42.2 Å². The fraction of sp³-hybridized carbons (Fsp3) is 0.259. The highest BCUT2D eigenvalue weighted by molar-refractivity contribution is 6.04. The molecule has 1 N–H and O–H groups in total. The van der Waals surface area contributed by atoms with E-state index in [1.165, 1.54) is 6.33 Å². The van der Waals surface area contributed by atoms with E-state index in [1.807, 2.05) is 37.6 Å². The molecule has 1 fully saturated rings. The van der Waals surface area contributed by atoms with Crippen LogP contribution >= 0.6 is 0 Å². The number of aryl methyl sites for hydroxylation is 1. The van der Waals surface area contributed by atoms with Gasteiger partial charge in [0.25, 0.3) is 5.56 Å². The van der Waals surface area contributed by atoms with E-state index < -0.39 is 6.10 Å². The van der Waals surface area contributed by atoms with Gasteiger partial charge in [-0.05, 0) is 41.7 Å². The van der Waals surface area contributed by atoms with E-state index in [1.54, 1.807) is 15.4 Å². The molecule has 1 saturated heterocycles. The lowest BCUT2D eigenvalue weighted by atomic mass is 9.97. The van der Waals surface area contributed by atoms with E-state index in [9.17, 15) is 9.90 Å². The van der Waals surface area contributed by atoms with Crippen molar-refractivity contribution < 1.29 is 9.84 Å². The number of pyridine rings is 1. The first-order chi connectivity index (χ1) is 17.1. The molecule has 8 heteroatoms. The Balaban J connectivity index is 1.43. The lowest BCUT2D eigenvalue weighted by Gasteiger charge is -2.29. The third kappa shape index (κ3) is 3.90. The number of aliphatic hydroxyl groups is 1. The Morgan fingerprint density at radius 3 is 2.69 bits per heavy atom. The monoisotopic (exact) mass is 467 g/mol. The van der Waals surface area contributed by atoms with Gasteiger partial charge in [0.2, 0.25) is 0 Å². The van der Waals surface area contributed by atoms with E-state index in [0.29, 0.717) is 35.9 Å². The Morgan fingerprint density at radius 1 is 1.09 bits per heavy atom. The maximum atomic E-state index is 13.6. The summed E-state index contributed by atoms with van der Waals surface area (Å²) in [6, 6.07) is 13.9. The Kier molecular flexibility index (Phi) is 5.39. The SMILES string of the molecule is Cn1cc(-c2ccc(Cc3cc4c(=O)n([C@H]5CCOC[C@@H]5O)cnc4c4ncccc34)cc2)cn1. The van der Waals surface area contributed by atoms with Crippen LogP contribution in [0.15, 0.2) is 72.2 Å². The second-order valence-electron chi connectivity index (χ2n) is 9.06. The summed E-state index contributed by atoms with van der Waals surface area (Å²) in [6.07, 6.45) is 7.58. The molecule has 0 bridgehead atoms. The maximum absolute atomic E-state index is 13.6. The van der Waals surface area contributed by atoms with Crippen LogP contribution in [0.25, 0.3) is 32.9 Å². The molecule has 0 radical (unpaired) electrons. The third-order valence-corrected chi connectivity index (χ3v) is 6.76. The van der Waals surface area contributed by atoms with Crippen molar-refractivity contribution in [3.63, 3.8) is 0 Å². The number of benzene rings is 2. The van der Waals surface area contributed by atoms with Crippen molar-refractivity contribution in [3.05, 3.63) is 88.9 Å². The maximum Gasteiger partial charge on any atom is 0.261 e. The van der Waals surface area contributed by atoms with E-state index in [4.69, 9.17) is 4.74 Å². The lowest BCUT2D eigenvalue weighted by Crippen LogP contribution is -2.39. The standard InChI is InChI=1S/C27H25N5O3/c1-31-14-20(13-30-31)18-6-4-17(5-7-18)11-19-12-22-26(25-21(19)3-2-9-28-25)29-16-32(27(22)34)23-8-10-35-15-24(23)33/h2-7,9,12-14,16,23-24,33H,8,10-11,15H2,1H3/t23-,24-/m0/s1. The smallest absolute Gasteiger partial charge is 0.261 e. The molecule has 0 unspecified atom stereocenters. The summed E-state index contributed by atoms with van der Waals surface area (Å²) in [5.74, 6) is 0. The minimum atomic E-state index is -0.739. The van der Waals surface area contributed by atoms with Gasteiger partial charge in [0.1, 0.15) is 5.52 Å². The number of rotatable bonds is 4. The van der Waals surface area contributed by atoms with Crippen LogP contribution in [-0.4, -0.2) is 48.7 Å². The number of aromatic nitrogens is 5. The normalized spacial score (nSPS) is 18.3. The molecule has 8 nitrogen and oxygen atoms in total. The second kappa shape index (κ2) is 8.72. The van der Waals surface area contributed by atoms with Crippen LogP contribution in [0.4, 0.5) is 0 Å². The van der Waals surface area contributed by atoms with Gasteiger partial charge in [-0.3, -0.25) is 19.0 Å². The van der Waals surface area contributed by atoms with Crippen LogP contribution < -0.4 is 5.56 Å². The van der Waals surface area contributed by atoms with Gasteiger partial charge < -0.3 is 9.84 Å². The number of fused-ring (bicyclic) bond motifs is 3. The number of nitrogens with zero attached hydrogens (tertiary/aromatic N) is 5. The summed E-state index contributed by atoms with van der Waals surface area (Å²) in [7, 11) is 1.91. The van der Waals surface area contributed by atoms with E-state index >= 15 is 0 Å². The molecule has 0 aliphatic carbocycles. The molecule has 35 heavy (non-hydrogen) atoms. The topological polar surface area (TPSA) is 95.1 Å². The largest absolute Gasteiger partial charge is 0.389 e. The number of aliphatic hydroxyl groups excluding tert-OH is 1. The molecule has 2 aromatic carbocycles. The molecule has 1 aliphatic heterocycles. The van der Waals surface area contributed by atoms with Crippen LogP contribution in [0.3, 0.4) is 0 Å². The van der Waals surface area contributed by atoms with Crippen molar-refractivity contribution in [2.75, 3.05) is 13.2 Å². The lowest BCUT2D eigenvalue weighted by molar-refractivity contribution is -0.0395. The number of hydrogen-bond acceptors (Lipinski definition) is 6. The van der Waals surface area contributed by atoms with Crippen LogP contribution in [0.2, 0.25) is 0 Å². The van der Waals surface area contributed by atoms with E-state index in [-0.39, 0.29) is 18.2 Å². The summed E-state index contributed by atoms with van der Waals surface area (Å²) in [6.45, 7) is 0.723. The minimum Gasteiger partial charge on any atom is -0.389 e.